The normalized spacial score (nSPS) is 13.8. The maximum absolute atomic E-state index is 14.9. The Hall–Kier alpha value is -3.71. The molecule has 0 aliphatic carbocycles. The van der Waals surface area contributed by atoms with E-state index in [1.807, 2.05) is 87.5 Å². The van der Waals surface area contributed by atoms with E-state index in [9.17, 15) is 13.0 Å². The van der Waals surface area contributed by atoms with E-state index in [1.165, 1.54) is 5.56 Å². The fourth-order valence-corrected chi connectivity index (χ4v) is 11.0. The van der Waals surface area contributed by atoms with E-state index in [1.54, 1.807) is 28.2 Å². The van der Waals surface area contributed by atoms with Crippen molar-refractivity contribution >= 4 is 50.8 Å². The zero-order valence-electron chi connectivity index (χ0n) is 29.5. The summed E-state index contributed by atoms with van der Waals surface area (Å²) in [4.78, 5) is 0.217. The van der Waals surface area contributed by atoms with E-state index >= 15 is 0 Å². The Bertz CT molecular complexity index is 2120. The summed E-state index contributed by atoms with van der Waals surface area (Å²) >= 11 is -1.48. The molecule has 5 aromatic carbocycles. The Morgan fingerprint density at radius 3 is 1.72 bits per heavy atom. The number of fused-ring (bicyclic) bond motifs is 1. The van der Waals surface area contributed by atoms with Gasteiger partial charge in [0.1, 0.15) is 10.8 Å². The SMILES string of the molecule is CC(C)(C)c1ccc([C@H](N[S+]([O-])C(C)(C)C)c2c(CP(c3ccccc3)c3ccccc3)n(S(=O)(=O)c3ccccc3)c3ccccc23)cc1. The van der Waals surface area contributed by atoms with E-state index in [0.717, 1.165) is 27.1 Å². The first-order chi connectivity index (χ1) is 23.8. The van der Waals surface area contributed by atoms with Gasteiger partial charge in [0.15, 0.2) is 0 Å². The average molecular weight is 721 g/mol. The van der Waals surface area contributed by atoms with Crippen molar-refractivity contribution in [3.8, 4) is 0 Å². The van der Waals surface area contributed by atoms with E-state index in [0.29, 0.717) is 17.4 Å². The van der Waals surface area contributed by atoms with Crippen LogP contribution >= 0.6 is 7.92 Å². The second-order valence-corrected chi connectivity index (χ2v) is 20.5. The van der Waals surface area contributed by atoms with Crippen molar-refractivity contribution in [1.29, 1.82) is 0 Å². The molecule has 258 valence electrons. The minimum absolute atomic E-state index is 0.0537. The third-order valence-electron chi connectivity index (χ3n) is 8.87. The number of hydrogen-bond donors (Lipinski definition) is 1. The molecule has 8 heteroatoms. The van der Waals surface area contributed by atoms with Gasteiger partial charge in [-0.1, -0.05) is 142 Å². The minimum atomic E-state index is -4.06. The highest BCUT2D eigenvalue weighted by Gasteiger charge is 2.37. The summed E-state index contributed by atoms with van der Waals surface area (Å²) in [5.74, 6) is 0. The molecule has 1 heterocycles. The molecule has 1 N–H and O–H groups in total. The van der Waals surface area contributed by atoms with Gasteiger partial charge in [0.05, 0.1) is 10.4 Å². The number of hydrogen-bond acceptors (Lipinski definition) is 4. The Morgan fingerprint density at radius 1 is 0.700 bits per heavy atom. The van der Waals surface area contributed by atoms with Gasteiger partial charge in [0.2, 0.25) is 0 Å². The molecule has 0 radical (unpaired) electrons. The van der Waals surface area contributed by atoms with Gasteiger partial charge in [-0.15, -0.1) is 4.72 Å². The summed E-state index contributed by atoms with van der Waals surface area (Å²) < 4.78 is 48.4. The summed E-state index contributed by atoms with van der Waals surface area (Å²) in [5.41, 5.74) is 4.14. The van der Waals surface area contributed by atoms with Gasteiger partial charge in [-0.05, 0) is 74.0 Å². The van der Waals surface area contributed by atoms with E-state index in [-0.39, 0.29) is 10.3 Å². The molecule has 1 unspecified atom stereocenters. The highest BCUT2D eigenvalue weighted by atomic mass is 32.2. The van der Waals surface area contributed by atoms with Crippen LogP contribution < -0.4 is 15.3 Å². The summed E-state index contributed by atoms with van der Waals surface area (Å²) in [7, 11) is -5.12. The largest absolute Gasteiger partial charge is 0.598 e. The quantitative estimate of drug-likeness (QED) is 0.113. The van der Waals surface area contributed by atoms with Crippen LogP contribution in [0.5, 0.6) is 0 Å². The third-order valence-corrected chi connectivity index (χ3v) is 14.7. The fourth-order valence-electron chi connectivity index (χ4n) is 6.18. The molecule has 0 saturated carbocycles. The van der Waals surface area contributed by atoms with Crippen LogP contribution in [0.25, 0.3) is 10.9 Å². The van der Waals surface area contributed by atoms with Gasteiger partial charge in [-0.25, -0.2) is 12.4 Å². The van der Waals surface area contributed by atoms with E-state index in [2.05, 4.69) is 74.0 Å². The molecular formula is C42H45N2O3PS2. The van der Waals surface area contributed by atoms with E-state index < -0.39 is 40.1 Å². The Balaban J connectivity index is 1.69. The lowest BCUT2D eigenvalue weighted by Crippen LogP contribution is -2.41. The summed E-state index contributed by atoms with van der Waals surface area (Å²) in [6.45, 7) is 12.4. The molecule has 2 atom stereocenters. The van der Waals surface area contributed by atoms with Crippen LogP contribution in [0.3, 0.4) is 0 Å². The fraction of sp³-hybridized carbons (Fsp3) is 0.238. The second-order valence-electron chi connectivity index (χ2n) is 14.5. The molecule has 0 bridgehead atoms. The van der Waals surface area contributed by atoms with Crippen LogP contribution in [0.4, 0.5) is 0 Å². The van der Waals surface area contributed by atoms with Crippen LogP contribution in [0, 0.1) is 0 Å². The molecule has 1 aromatic heterocycles. The predicted molar refractivity (Wildman–Crippen MR) is 212 cm³/mol. The molecule has 6 rings (SSSR count). The van der Waals surface area contributed by atoms with Crippen molar-refractivity contribution in [3.63, 3.8) is 0 Å². The molecule has 0 saturated heterocycles. The number of rotatable bonds is 10. The predicted octanol–water partition coefficient (Wildman–Crippen LogP) is 8.95. The van der Waals surface area contributed by atoms with Gasteiger partial charge >= 0.3 is 0 Å². The number of nitrogens with zero attached hydrogens (tertiary/aromatic N) is 1. The van der Waals surface area contributed by atoms with Crippen LogP contribution in [0.2, 0.25) is 0 Å². The van der Waals surface area contributed by atoms with Crippen molar-refractivity contribution < 1.29 is 13.0 Å². The molecule has 0 aliphatic rings. The first-order valence-corrected chi connectivity index (χ1v) is 21.0. The number of nitrogens with one attached hydrogen (secondary N) is 1. The molecule has 6 aromatic rings. The van der Waals surface area contributed by atoms with Crippen LogP contribution in [-0.4, -0.2) is 21.7 Å². The van der Waals surface area contributed by atoms with Crippen molar-refractivity contribution in [2.24, 2.45) is 0 Å². The maximum atomic E-state index is 14.9. The van der Waals surface area contributed by atoms with Crippen molar-refractivity contribution in [2.45, 2.75) is 68.8 Å². The van der Waals surface area contributed by atoms with E-state index in [4.69, 9.17) is 0 Å². The maximum Gasteiger partial charge on any atom is 0.268 e. The van der Waals surface area contributed by atoms with Crippen LogP contribution in [-0.2, 0) is 33.0 Å². The Kier molecular flexibility index (Phi) is 10.5. The zero-order chi connectivity index (χ0) is 35.7. The van der Waals surface area contributed by atoms with Gasteiger partial charge in [-0.2, -0.15) is 0 Å². The van der Waals surface area contributed by atoms with Crippen molar-refractivity contribution in [2.75, 3.05) is 0 Å². The van der Waals surface area contributed by atoms with Gasteiger partial charge in [0.25, 0.3) is 10.0 Å². The Labute approximate surface area is 301 Å². The standard InChI is InChI=1S/C42H45N2O3PS2/c1-41(2,3)32-28-26-31(27-29-32)40(43-49(45)42(4,5)6)39-36-24-16-17-25-37(36)44(50(46,47)35-22-14-9-15-23-35)38(39)30-48(33-18-10-7-11-19-33)34-20-12-8-13-21-34/h7-29,40,43H,30H2,1-6H3/t40-,49?/m0/s1. The summed E-state index contributed by atoms with van der Waals surface area (Å²) in [6.07, 6.45) is 0.444. The monoisotopic (exact) mass is 720 g/mol. The minimum Gasteiger partial charge on any atom is -0.598 e. The molecule has 50 heavy (non-hydrogen) atoms. The Morgan fingerprint density at radius 2 is 1.20 bits per heavy atom. The molecular weight excluding hydrogens is 676 g/mol. The van der Waals surface area contributed by atoms with Gasteiger partial charge < -0.3 is 4.55 Å². The third kappa shape index (κ3) is 7.49. The summed E-state index contributed by atoms with van der Waals surface area (Å²) in [6, 6.07) is 44.9. The molecule has 0 spiro atoms. The van der Waals surface area contributed by atoms with Gasteiger partial charge in [-0.3, -0.25) is 0 Å². The zero-order valence-corrected chi connectivity index (χ0v) is 32.0. The highest BCUT2D eigenvalue weighted by molar-refractivity contribution is 7.91. The number of para-hydroxylation sites is 1. The molecule has 0 amide bonds. The summed E-state index contributed by atoms with van der Waals surface area (Å²) in [5, 5.41) is 3.10. The second kappa shape index (κ2) is 14.5. The topological polar surface area (TPSA) is 74.2 Å². The number of benzene rings is 5. The number of aromatic nitrogens is 1. The first kappa shape index (κ1) is 36.1. The average Bonchev–Trinajstić information content (AvgIpc) is 3.44. The lowest BCUT2D eigenvalue weighted by Gasteiger charge is -2.30. The lowest BCUT2D eigenvalue weighted by atomic mass is 9.85. The van der Waals surface area contributed by atoms with Crippen LogP contribution in [0.15, 0.2) is 144 Å². The van der Waals surface area contributed by atoms with Crippen molar-refractivity contribution in [3.05, 3.63) is 162 Å². The first-order valence-electron chi connectivity index (χ1n) is 16.9. The lowest BCUT2D eigenvalue weighted by molar-refractivity contribution is 0.535. The van der Waals surface area contributed by atoms with Gasteiger partial charge in [0, 0.05) is 34.2 Å². The van der Waals surface area contributed by atoms with Crippen LogP contribution in [0.1, 0.15) is 70.0 Å². The molecule has 0 fully saturated rings. The smallest absolute Gasteiger partial charge is 0.268 e. The van der Waals surface area contributed by atoms with Crippen molar-refractivity contribution in [1.82, 2.24) is 8.69 Å². The molecule has 5 nitrogen and oxygen atoms in total. The highest BCUT2D eigenvalue weighted by Crippen LogP contribution is 2.45. The molecule has 0 aliphatic heterocycles.